The van der Waals surface area contributed by atoms with Gasteiger partial charge in [-0.2, -0.15) is 5.01 Å². The van der Waals surface area contributed by atoms with Crippen molar-refractivity contribution in [3.05, 3.63) is 42.5 Å². The number of carbonyl (C=O) groups excluding carboxylic acids is 3. The SMILES string of the molecule is O=C1[C@H]2[C@H](C(=O)N1N(C(=O)CCl)c1ccccc1)[C@H]1C=C[C@H]2C1. The fraction of sp³-hybridized carbons (Fsp3) is 0.353. The van der Waals surface area contributed by atoms with Crippen molar-refractivity contribution in [2.45, 2.75) is 6.42 Å². The van der Waals surface area contributed by atoms with Crippen LogP contribution in [0.4, 0.5) is 5.69 Å². The molecule has 1 aromatic rings. The van der Waals surface area contributed by atoms with Crippen LogP contribution >= 0.6 is 11.6 Å². The molecule has 23 heavy (non-hydrogen) atoms. The molecular formula is C17H15ClN2O3. The van der Waals surface area contributed by atoms with Gasteiger partial charge in [-0.1, -0.05) is 30.4 Å². The number of hydrogen-bond donors (Lipinski definition) is 0. The molecule has 1 aliphatic heterocycles. The van der Waals surface area contributed by atoms with Crippen LogP contribution in [0, 0.1) is 23.7 Å². The van der Waals surface area contributed by atoms with Crippen molar-refractivity contribution < 1.29 is 14.4 Å². The van der Waals surface area contributed by atoms with Gasteiger partial charge in [-0.15, -0.1) is 11.6 Å². The van der Waals surface area contributed by atoms with Crippen molar-refractivity contribution >= 4 is 35.0 Å². The zero-order chi connectivity index (χ0) is 16.1. The van der Waals surface area contributed by atoms with Gasteiger partial charge in [-0.3, -0.25) is 14.4 Å². The summed E-state index contributed by atoms with van der Waals surface area (Å²) in [5.74, 6) is -1.84. The van der Waals surface area contributed by atoms with E-state index in [-0.39, 0.29) is 41.4 Å². The van der Waals surface area contributed by atoms with Crippen LogP contribution in [0.1, 0.15) is 6.42 Å². The predicted molar refractivity (Wildman–Crippen MR) is 84.2 cm³/mol. The lowest BCUT2D eigenvalue weighted by molar-refractivity contribution is -0.144. The summed E-state index contributed by atoms with van der Waals surface area (Å²) in [4.78, 5) is 38.0. The molecule has 2 fully saturated rings. The van der Waals surface area contributed by atoms with E-state index in [0.717, 1.165) is 16.4 Å². The minimum atomic E-state index is -0.486. The van der Waals surface area contributed by atoms with Gasteiger partial charge in [-0.25, -0.2) is 5.01 Å². The minimum absolute atomic E-state index is 0.107. The number of hydrazine groups is 1. The number of hydrogen-bond acceptors (Lipinski definition) is 3. The second-order valence-electron chi connectivity index (χ2n) is 6.16. The Kier molecular flexibility index (Phi) is 3.27. The van der Waals surface area contributed by atoms with Gasteiger partial charge < -0.3 is 0 Å². The van der Waals surface area contributed by atoms with Crippen molar-refractivity contribution in [1.82, 2.24) is 5.01 Å². The third-order valence-electron chi connectivity index (χ3n) is 5.00. The Labute approximate surface area is 138 Å². The van der Waals surface area contributed by atoms with E-state index in [1.807, 2.05) is 12.2 Å². The predicted octanol–water partition coefficient (Wildman–Crippen LogP) is 1.98. The molecule has 0 spiro atoms. The molecule has 2 bridgehead atoms. The van der Waals surface area contributed by atoms with E-state index in [1.54, 1.807) is 30.3 Å². The maximum atomic E-state index is 12.9. The Morgan fingerprint density at radius 3 is 2.17 bits per heavy atom. The lowest BCUT2D eigenvalue weighted by atomic mass is 9.85. The summed E-state index contributed by atoms with van der Waals surface area (Å²) in [6, 6.07) is 8.68. The first-order valence-corrected chi connectivity index (χ1v) is 8.17. The molecule has 2 aliphatic carbocycles. The Morgan fingerprint density at radius 2 is 1.65 bits per heavy atom. The first kappa shape index (κ1) is 14.5. The molecule has 3 aliphatic rings. The molecule has 1 saturated heterocycles. The maximum absolute atomic E-state index is 12.9. The number of amides is 3. The van der Waals surface area contributed by atoms with E-state index in [2.05, 4.69) is 0 Å². The Balaban J connectivity index is 1.74. The number of fused-ring (bicyclic) bond motifs is 5. The van der Waals surface area contributed by atoms with Crippen molar-refractivity contribution in [3.63, 3.8) is 0 Å². The van der Waals surface area contributed by atoms with Crippen LogP contribution in [-0.2, 0) is 14.4 Å². The van der Waals surface area contributed by atoms with Crippen LogP contribution in [-0.4, -0.2) is 28.6 Å². The average Bonchev–Trinajstić information content (AvgIpc) is 3.25. The summed E-state index contributed by atoms with van der Waals surface area (Å²) in [7, 11) is 0. The van der Waals surface area contributed by atoms with Crippen LogP contribution in [0.25, 0.3) is 0 Å². The molecule has 3 amide bonds. The molecule has 1 aromatic carbocycles. The third kappa shape index (κ3) is 1.96. The van der Waals surface area contributed by atoms with Gasteiger partial charge in [0.05, 0.1) is 17.5 Å². The van der Waals surface area contributed by atoms with Crippen LogP contribution in [0.15, 0.2) is 42.5 Å². The first-order chi connectivity index (χ1) is 11.1. The molecule has 0 N–H and O–H groups in total. The average molecular weight is 331 g/mol. The fourth-order valence-corrected chi connectivity index (χ4v) is 4.19. The number of nitrogens with zero attached hydrogens (tertiary/aromatic N) is 2. The van der Waals surface area contributed by atoms with Gasteiger partial charge in [0.25, 0.3) is 17.7 Å². The normalized spacial score (nSPS) is 30.9. The highest BCUT2D eigenvalue weighted by Gasteiger charge is 2.61. The monoisotopic (exact) mass is 330 g/mol. The Hall–Kier alpha value is -2.14. The third-order valence-corrected chi connectivity index (χ3v) is 5.23. The summed E-state index contributed by atoms with van der Waals surface area (Å²) in [5.41, 5.74) is 0.472. The zero-order valence-electron chi connectivity index (χ0n) is 12.3. The van der Waals surface area contributed by atoms with Gasteiger partial charge >= 0.3 is 0 Å². The minimum Gasteiger partial charge on any atom is -0.272 e. The largest absolute Gasteiger partial charge is 0.272 e. The molecule has 0 unspecified atom stereocenters. The summed E-state index contributed by atoms with van der Waals surface area (Å²) >= 11 is 5.71. The standard InChI is InChI=1S/C17H15ClN2O3/c18-9-13(21)19(12-4-2-1-3-5-12)20-16(22)14-10-6-7-11(8-10)15(14)17(20)23/h1-7,10-11,14-15H,8-9H2/t10-,11-,14+,15+/m0/s1. The van der Waals surface area contributed by atoms with Crippen molar-refractivity contribution in [2.75, 3.05) is 10.9 Å². The van der Waals surface area contributed by atoms with Gasteiger partial charge in [0.1, 0.15) is 5.88 Å². The van der Waals surface area contributed by atoms with Crippen LogP contribution in [0.5, 0.6) is 0 Å². The van der Waals surface area contributed by atoms with Crippen LogP contribution in [0.2, 0.25) is 0 Å². The second-order valence-corrected chi connectivity index (χ2v) is 6.43. The highest BCUT2D eigenvalue weighted by molar-refractivity contribution is 6.30. The Bertz CT molecular complexity index is 688. The molecule has 118 valence electrons. The van der Waals surface area contributed by atoms with Gasteiger partial charge in [-0.05, 0) is 30.4 Å². The first-order valence-electron chi connectivity index (χ1n) is 7.63. The van der Waals surface area contributed by atoms with E-state index in [0.29, 0.717) is 5.69 Å². The number of allylic oxidation sites excluding steroid dienone is 2. The number of halogens is 1. The number of rotatable bonds is 3. The molecule has 0 radical (unpaired) electrons. The highest BCUT2D eigenvalue weighted by atomic mass is 35.5. The van der Waals surface area contributed by atoms with Gasteiger partial charge in [0, 0.05) is 0 Å². The molecule has 6 heteroatoms. The molecule has 4 atom stereocenters. The van der Waals surface area contributed by atoms with E-state index in [9.17, 15) is 14.4 Å². The number of anilines is 1. The molecular weight excluding hydrogens is 316 g/mol. The van der Waals surface area contributed by atoms with Crippen molar-refractivity contribution in [2.24, 2.45) is 23.7 Å². The number of imide groups is 1. The van der Waals surface area contributed by atoms with Gasteiger partial charge in [0.2, 0.25) is 0 Å². The lowest BCUT2D eigenvalue weighted by Crippen LogP contribution is -2.51. The molecule has 5 nitrogen and oxygen atoms in total. The topological polar surface area (TPSA) is 57.7 Å². The van der Waals surface area contributed by atoms with Crippen LogP contribution in [0.3, 0.4) is 0 Å². The van der Waals surface area contributed by atoms with E-state index in [1.165, 1.54) is 0 Å². The fourth-order valence-electron chi connectivity index (χ4n) is 4.08. The molecule has 0 aromatic heterocycles. The summed E-state index contributed by atoms with van der Waals surface area (Å²) in [6.45, 7) is 0. The Morgan fingerprint density at radius 1 is 1.09 bits per heavy atom. The van der Waals surface area contributed by atoms with E-state index in [4.69, 9.17) is 11.6 Å². The van der Waals surface area contributed by atoms with E-state index < -0.39 is 5.91 Å². The van der Waals surface area contributed by atoms with Crippen molar-refractivity contribution in [1.29, 1.82) is 0 Å². The molecule has 1 heterocycles. The highest BCUT2D eigenvalue weighted by Crippen LogP contribution is 2.53. The molecule has 1 saturated carbocycles. The van der Waals surface area contributed by atoms with Gasteiger partial charge in [0.15, 0.2) is 0 Å². The summed E-state index contributed by atoms with van der Waals surface area (Å²) in [6.07, 6.45) is 4.91. The van der Waals surface area contributed by atoms with Crippen LogP contribution < -0.4 is 5.01 Å². The summed E-state index contributed by atoms with van der Waals surface area (Å²) < 4.78 is 0. The molecule has 4 rings (SSSR count). The number of alkyl halides is 1. The number of benzene rings is 1. The number of para-hydroxylation sites is 1. The lowest BCUT2D eigenvalue weighted by Gasteiger charge is -2.30. The summed E-state index contributed by atoms with van der Waals surface area (Å²) in [5, 5.41) is 2.15. The second kappa shape index (κ2) is 5.20. The van der Waals surface area contributed by atoms with Crippen molar-refractivity contribution in [3.8, 4) is 0 Å². The smallest absolute Gasteiger partial charge is 0.261 e. The number of carbonyl (C=O) groups is 3. The quantitative estimate of drug-likeness (QED) is 0.484. The maximum Gasteiger partial charge on any atom is 0.261 e. The van der Waals surface area contributed by atoms with E-state index >= 15 is 0 Å². The zero-order valence-corrected chi connectivity index (χ0v) is 13.0.